The second-order valence-corrected chi connectivity index (χ2v) is 13.0. The van der Waals surface area contributed by atoms with Gasteiger partial charge in [0, 0.05) is 0 Å². The SMILES string of the molecule is CC(C)(C)O.CC(C)(C)O.CC(C)(C)O.CC(C)(C)O.CC(C)(C)O.CC(C)(C)O.[H-].[H-].[H-].[H-].[H-].[H-].[H-].[H-].[H-].[H-].[H-].[H-].[H-].[K+].[K+].[K+].[K+].[K+].[K+].[K+].[K+].[K+].[K+].[K+].[K+].[K+]. The number of rotatable bonds is 0. The van der Waals surface area contributed by atoms with Crippen LogP contribution in [0.25, 0.3) is 0 Å². The molecule has 0 aliphatic carbocycles. The van der Waals surface area contributed by atoms with Crippen molar-refractivity contribution in [2.45, 2.75) is 158 Å². The summed E-state index contributed by atoms with van der Waals surface area (Å²) in [5.41, 5.74) is -3.00. The molecule has 0 heterocycles. The largest absolute Gasteiger partial charge is 1.00 e. The molecule has 0 saturated carbocycles. The van der Waals surface area contributed by atoms with E-state index < -0.39 is 33.6 Å². The Morgan fingerprint density at radius 1 is 0.186 bits per heavy atom. The molecule has 0 rings (SSSR count). The molecule has 0 aliphatic heterocycles. The van der Waals surface area contributed by atoms with E-state index >= 15 is 0 Å². The zero-order valence-corrected chi connectivity index (χ0v) is 77.3. The average molecular weight is 966 g/mol. The zero-order chi connectivity index (χ0) is 27.0. The van der Waals surface area contributed by atoms with E-state index in [-0.39, 0.29) is 687 Å². The molecule has 0 amide bonds. The van der Waals surface area contributed by atoms with Gasteiger partial charge in [0.2, 0.25) is 0 Å². The molecule has 0 aromatic rings. The fraction of sp³-hybridized carbons (Fsp3) is 1.00. The van der Waals surface area contributed by atoms with Crippen LogP contribution in [-0.4, -0.2) is 64.2 Å². The minimum absolute atomic E-state index is 0. The Hall–Kier alpha value is 21.0. The Morgan fingerprint density at radius 2 is 0.186 bits per heavy atom. The molecule has 6 N–H and O–H groups in total. The minimum atomic E-state index is -0.500. The van der Waals surface area contributed by atoms with Crippen molar-refractivity contribution >= 4 is 0 Å². The average Bonchev–Trinajstić information content (AvgIpc) is 1.94. The predicted molar refractivity (Wildman–Crippen MR) is 146 cm³/mol. The van der Waals surface area contributed by atoms with E-state index in [4.69, 9.17) is 30.6 Å². The summed E-state index contributed by atoms with van der Waals surface area (Å²) in [7, 11) is 0. The number of hydrogen-bond acceptors (Lipinski definition) is 6. The molecule has 0 bridgehead atoms. The third-order valence-electron chi connectivity index (χ3n) is 0. The second kappa shape index (κ2) is 74.6. The molecule has 218 valence electrons. The van der Waals surface area contributed by atoms with Gasteiger partial charge in [-0.2, -0.15) is 0 Å². The third-order valence-corrected chi connectivity index (χ3v) is 0. The summed E-state index contributed by atoms with van der Waals surface area (Å²) in [6.07, 6.45) is 0. The maximum Gasteiger partial charge on any atom is 1.00 e. The van der Waals surface area contributed by atoms with Gasteiger partial charge < -0.3 is 49.2 Å². The third kappa shape index (κ3) is 531. The maximum absolute atomic E-state index is 8.52. The summed E-state index contributed by atoms with van der Waals surface area (Å²) in [6, 6.07) is 0. The van der Waals surface area contributed by atoms with Gasteiger partial charge >= 0.3 is 668 Å². The first-order chi connectivity index (χ1) is 12.0. The molecule has 0 aromatic heterocycles. The summed E-state index contributed by atoms with van der Waals surface area (Å²) in [5.74, 6) is 0. The first-order valence-corrected chi connectivity index (χ1v) is 10.3. The van der Waals surface area contributed by atoms with E-state index in [1.807, 2.05) is 0 Å². The van der Waals surface area contributed by atoms with E-state index in [2.05, 4.69) is 0 Å². The number of aliphatic hydroxyl groups is 6. The molecule has 43 heavy (non-hydrogen) atoms. The monoisotopic (exact) mass is 964 g/mol. The van der Waals surface area contributed by atoms with Crippen molar-refractivity contribution in [3.63, 3.8) is 0 Å². The van der Waals surface area contributed by atoms with Crippen LogP contribution in [0.3, 0.4) is 0 Å². The van der Waals surface area contributed by atoms with E-state index in [1.54, 1.807) is 125 Å². The fourth-order valence-electron chi connectivity index (χ4n) is 0. The van der Waals surface area contributed by atoms with E-state index in [0.29, 0.717) is 0 Å². The standard InChI is InChI=1S/6C4H10O.13K.13H/c6*1-4(2,3)5;;;;;;;;;;;;;;;;;;;;;;;;;;/h6*5H,1-3H3;;;;;;;;;;;;;;;;;;;;;;;;;;/q;;;;;;13*+1;13*-1. The molecule has 0 fully saturated rings. The molecular weight excluding hydrogens is 893 g/mol. The van der Waals surface area contributed by atoms with Gasteiger partial charge in [0.05, 0.1) is 33.6 Å². The summed E-state index contributed by atoms with van der Waals surface area (Å²) < 4.78 is 0. The van der Waals surface area contributed by atoms with Gasteiger partial charge in [0.25, 0.3) is 0 Å². The Balaban J connectivity index is -0.00000000376. The van der Waals surface area contributed by atoms with Gasteiger partial charge in [0.1, 0.15) is 0 Å². The van der Waals surface area contributed by atoms with E-state index in [9.17, 15) is 0 Å². The van der Waals surface area contributed by atoms with Crippen LogP contribution in [0.1, 0.15) is 143 Å². The molecule has 0 atom stereocenters. The Kier molecular flexibility index (Phi) is 218. The molecule has 0 spiro atoms. The van der Waals surface area contributed by atoms with Gasteiger partial charge in [0.15, 0.2) is 0 Å². The topological polar surface area (TPSA) is 121 Å². The molecular formula is C24H73K13O6. The molecule has 0 radical (unpaired) electrons. The Labute approximate surface area is 844 Å². The Morgan fingerprint density at radius 3 is 0.186 bits per heavy atom. The van der Waals surface area contributed by atoms with E-state index in [0.717, 1.165) is 0 Å². The Bertz CT molecular complexity index is 290. The smallest absolute Gasteiger partial charge is 1.00 e. The first-order valence-electron chi connectivity index (χ1n) is 10.3. The van der Waals surface area contributed by atoms with Crippen molar-refractivity contribution in [3.8, 4) is 0 Å². The van der Waals surface area contributed by atoms with Crippen LogP contribution in [0.5, 0.6) is 0 Å². The van der Waals surface area contributed by atoms with Gasteiger partial charge in [-0.25, -0.2) is 0 Å². The molecule has 6 nitrogen and oxygen atoms in total. The van der Waals surface area contributed by atoms with Gasteiger partial charge in [-0.1, -0.05) is 0 Å². The van der Waals surface area contributed by atoms with Crippen molar-refractivity contribution in [1.29, 1.82) is 0 Å². The van der Waals surface area contributed by atoms with Crippen LogP contribution in [0.4, 0.5) is 0 Å². The normalized spacial score (nSPS) is 8.37. The summed E-state index contributed by atoms with van der Waals surface area (Å²) >= 11 is 0. The molecule has 0 aromatic carbocycles. The first kappa shape index (κ1) is 125. The fourth-order valence-corrected chi connectivity index (χ4v) is 0. The van der Waals surface area contributed by atoms with Crippen LogP contribution in [0, 0.1) is 0 Å². The van der Waals surface area contributed by atoms with Crippen molar-refractivity contribution in [3.05, 3.63) is 0 Å². The summed E-state index contributed by atoms with van der Waals surface area (Å²) in [5, 5.41) is 51.1. The van der Waals surface area contributed by atoms with Crippen LogP contribution in [0.2, 0.25) is 0 Å². The van der Waals surface area contributed by atoms with Crippen LogP contribution < -0.4 is 668 Å². The molecule has 0 saturated heterocycles. The molecule has 0 unspecified atom stereocenters. The van der Waals surface area contributed by atoms with Crippen molar-refractivity contribution in [2.75, 3.05) is 0 Å². The van der Waals surface area contributed by atoms with Gasteiger partial charge in [-0.05, 0) is 125 Å². The predicted octanol–water partition coefficient (Wildman–Crippen LogP) is -32.8. The van der Waals surface area contributed by atoms with Crippen LogP contribution >= 0.6 is 0 Å². The molecule has 0 aliphatic rings. The summed E-state index contributed by atoms with van der Waals surface area (Å²) in [6.45, 7) is 31.4. The van der Waals surface area contributed by atoms with Crippen LogP contribution in [0.15, 0.2) is 0 Å². The zero-order valence-electron chi connectivity index (χ0n) is 49.7. The van der Waals surface area contributed by atoms with E-state index in [1.165, 1.54) is 0 Å². The number of hydrogen-bond donors (Lipinski definition) is 6. The molecule has 19 heteroatoms. The van der Waals surface area contributed by atoms with Crippen molar-refractivity contribution < 1.29 is 717 Å². The minimum Gasteiger partial charge on any atom is -1.00 e. The maximum atomic E-state index is 8.52. The van der Waals surface area contributed by atoms with Crippen molar-refractivity contribution in [1.82, 2.24) is 0 Å². The van der Waals surface area contributed by atoms with Gasteiger partial charge in [-0.3, -0.25) is 0 Å². The summed E-state index contributed by atoms with van der Waals surface area (Å²) in [4.78, 5) is 0. The second-order valence-electron chi connectivity index (χ2n) is 13.0. The van der Waals surface area contributed by atoms with Crippen molar-refractivity contribution in [2.24, 2.45) is 0 Å². The van der Waals surface area contributed by atoms with Crippen LogP contribution in [-0.2, 0) is 0 Å². The van der Waals surface area contributed by atoms with Gasteiger partial charge in [-0.15, -0.1) is 0 Å². The quantitative estimate of drug-likeness (QED) is 0.135.